The van der Waals surface area contributed by atoms with Crippen molar-refractivity contribution in [3.05, 3.63) is 15.6 Å². The van der Waals surface area contributed by atoms with Crippen molar-refractivity contribution in [2.24, 2.45) is 5.73 Å². The van der Waals surface area contributed by atoms with Gasteiger partial charge >= 0.3 is 0 Å². The van der Waals surface area contributed by atoms with Gasteiger partial charge in [-0.05, 0) is 20.3 Å². The minimum Gasteiger partial charge on any atom is -0.327 e. The predicted octanol–water partition coefficient (Wildman–Crippen LogP) is 4.38. The fraction of sp³-hybridized carbons (Fsp3) is 0.800. The highest BCUT2D eigenvalue weighted by Gasteiger charge is 2.08. The Morgan fingerprint density at radius 3 is 2.39 bits per heavy atom. The molecule has 0 bridgehead atoms. The average Bonchev–Trinajstić information content (AvgIpc) is 2.62. The molecule has 0 radical (unpaired) electrons. The molecule has 0 aliphatic heterocycles. The van der Waals surface area contributed by atoms with Crippen LogP contribution in [-0.4, -0.2) is 11.0 Å². The third-order valence-electron chi connectivity index (χ3n) is 3.44. The highest BCUT2D eigenvalue weighted by atomic mass is 32.1. The van der Waals surface area contributed by atoms with Crippen molar-refractivity contribution in [1.29, 1.82) is 0 Å². The second-order valence-electron chi connectivity index (χ2n) is 5.27. The molecule has 2 N–H and O–H groups in total. The van der Waals surface area contributed by atoms with Gasteiger partial charge in [-0.25, -0.2) is 4.98 Å². The highest BCUT2D eigenvalue weighted by molar-refractivity contribution is 7.11. The van der Waals surface area contributed by atoms with Crippen LogP contribution in [0.15, 0.2) is 0 Å². The molecule has 3 heteroatoms. The van der Waals surface area contributed by atoms with E-state index in [-0.39, 0.29) is 0 Å². The maximum absolute atomic E-state index is 6.17. The van der Waals surface area contributed by atoms with Crippen LogP contribution in [0.4, 0.5) is 0 Å². The Kier molecular flexibility index (Phi) is 7.52. The fourth-order valence-corrected chi connectivity index (χ4v) is 3.17. The Morgan fingerprint density at radius 2 is 1.78 bits per heavy atom. The number of aryl methyl sites for hydroxylation is 2. The van der Waals surface area contributed by atoms with E-state index in [0.717, 1.165) is 12.8 Å². The van der Waals surface area contributed by atoms with Crippen molar-refractivity contribution in [1.82, 2.24) is 4.98 Å². The third kappa shape index (κ3) is 5.96. The second-order valence-corrected chi connectivity index (χ2v) is 6.56. The van der Waals surface area contributed by atoms with E-state index < -0.39 is 0 Å². The van der Waals surface area contributed by atoms with Crippen LogP contribution < -0.4 is 5.73 Å². The minimum atomic E-state index is 0.293. The van der Waals surface area contributed by atoms with Gasteiger partial charge in [-0.2, -0.15) is 0 Å². The van der Waals surface area contributed by atoms with Crippen LogP contribution >= 0.6 is 11.3 Å². The summed E-state index contributed by atoms with van der Waals surface area (Å²) < 4.78 is 0. The summed E-state index contributed by atoms with van der Waals surface area (Å²) in [4.78, 5) is 5.89. The Morgan fingerprint density at radius 1 is 1.11 bits per heavy atom. The molecule has 0 saturated carbocycles. The highest BCUT2D eigenvalue weighted by Crippen LogP contribution is 2.18. The zero-order valence-electron chi connectivity index (χ0n) is 12.2. The first-order chi connectivity index (χ1) is 8.63. The fourth-order valence-electron chi connectivity index (χ4n) is 2.14. The Bertz CT molecular complexity index is 314. The summed E-state index contributed by atoms with van der Waals surface area (Å²) in [6, 6.07) is 0.293. The number of nitrogens with two attached hydrogens (primary N) is 1. The topological polar surface area (TPSA) is 38.9 Å². The maximum atomic E-state index is 6.17. The molecule has 0 aromatic carbocycles. The van der Waals surface area contributed by atoms with Crippen molar-refractivity contribution in [3.63, 3.8) is 0 Å². The molecule has 1 heterocycles. The summed E-state index contributed by atoms with van der Waals surface area (Å²) in [5.74, 6) is 0. The molecular formula is C15H28N2S. The van der Waals surface area contributed by atoms with Gasteiger partial charge in [0, 0.05) is 17.3 Å². The van der Waals surface area contributed by atoms with E-state index in [1.807, 2.05) is 0 Å². The molecule has 0 amide bonds. The molecule has 0 aliphatic carbocycles. The lowest BCUT2D eigenvalue weighted by molar-refractivity contribution is 0.532. The van der Waals surface area contributed by atoms with Crippen LogP contribution in [0, 0.1) is 13.8 Å². The van der Waals surface area contributed by atoms with Gasteiger partial charge in [0.2, 0.25) is 0 Å². The van der Waals surface area contributed by atoms with Gasteiger partial charge in [-0.3, -0.25) is 0 Å². The molecule has 1 aromatic heterocycles. The molecule has 2 nitrogen and oxygen atoms in total. The number of rotatable bonds is 9. The van der Waals surface area contributed by atoms with Crippen LogP contribution in [0.25, 0.3) is 0 Å². The van der Waals surface area contributed by atoms with Crippen molar-refractivity contribution in [3.8, 4) is 0 Å². The molecule has 18 heavy (non-hydrogen) atoms. The van der Waals surface area contributed by atoms with Crippen molar-refractivity contribution >= 4 is 11.3 Å². The average molecular weight is 268 g/mol. The number of thiazole rings is 1. The van der Waals surface area contributed by atoms with Gasteiger partial charge in [0.15, 0.2) is 0 Å². The molecule has 0 saturated heterocycles. The molecular weight excluding hydrogens is 240 g/mol. The zero-order valence-corrected chi connectivity index (χ0v) is 13.0. The molecule has 1 atom stereocenters. The molecule has 0 spiro atoms. The van der Waals surface area contributed by atoms with Crippen molar-refractivity contribution in [2.75, 3.05) is 0 Å². The molecule has 1 unspecified atom stereocenters. The van der Waals surface area contributed by atoms with Gasteiger partial charge in [0.05, 0.1) is 10.7 Å². The number of unbranched alkanes of at least 4 members (excludes halogenated alkanes) is 5. The molecule has 1 aromatic rings. The lowest BCUT2D eigenvalue weighted by Gasteiger charge is -2.09. The van der Waals surface area contributed by atoms with E-state index in [2.05, 4.69) is 25.8 Å². The molecule has 104 valence electrons. The lowest BCUT2D eigenvalue weighted by atomic mass is 10.0. The van der Waals surface area contributed by atoms with Gasteiger partial charge in [0.25, 0.3) is 0 Å². The summed E-state index contributed by atoms with van der Waals surface area (Å²) >= 11 is 1.80. The number of hydrogen-bond donors (Lipinski definition) is 1. The smallest absolute Gasteiger partial charge is 0.0946 e. The van der Waals surface area contributed by atoms with E-state index in [0.29, 0.717) is 6.04 Å². The molecule has 1 rings (SSSR count). The summed E-state index contributed by atoms with van der Waals surface area (Å²) in [7, 11) is 0. The van der Waals surface area contributed by atoms with Crippen LogP contribution in [-0.2, 0) is 6.42 Å². The van der Waals surface area contributed by atoms with E-state index in [9.17, 15) is 0 Å². The SMILES string of the molecule is CCCCCCCCC(N)Cc1nc(C)c(C)s1. The minimum absolute atomic E-state index is 0.293. The number of hydrogen-bond acceptors (Lipinski definition) is 3. The van der Waals surface area contributed by atoms with Crippen molar-refractivity contribution in [2.45, 2.75) is 78.2 Å². The Labute approximate surface area is 116 Å². The van der Waals surface area contributed by atoms with Gasteiger partial charge < -0.3 is 5.73 Å². The summed E-state index contributed by atoms with van der Waals surface area (Å²) in [6.45, 7) is 6.47. The predicted molar refractivity (Wildman–Crippen MR) is 81.3 cm³/mol. The molecule has 0 aliphatic rings. The quantitative estimate of drug-likeness (QED) is 0.675. The van der Waals surface area contributed by atoms with E-state index in [1.54, 1.807) is 11.3 Å². The Hall–Kier alpha value is -0.410. The van der Waals surface area contributed by atoms with E-state index in [4.69, 9.17) is 5.73 Å². The first-order valence-electron chi connectivity index (χ1n) is 7.32. The normalized spacial score (nSPS) is 12.9. The standard InChI is InChI=1S/C15H28N2S/c1-4-5-6-7-8-9-10-14(16)11-15-17-12(2)13(3)18-15/h14H,4-11,16H2,1-3H3. The van der Waals surface area contributed by atoms with Crippen LogP contribution in [0.1, 0.15) is 67.4 Å². The first-order valence-corrected chi connectivity index (χ1v) is 8.13. The lowest BCUT2D eigenvalue weighted by Crippen LogP contribution is -2.22. The van der Waals surface area contributed by atoms with Crippen LogP contribution in [0.2, 0.25) is 0 Å². The van der Waals surface area contributed by atoms with Gasteiger partial charge in [-0.1, -0.05) is 45.4 Å². The number of nitrogens with zero attached hydrogens (tertiary/aromatic N) is 1. The largest absolute Gasteiger partial charge is 0.327 e. The van der Waals surface area contributed by atoms with Gasteiger partial charge in [0.1, 0.15) is 0 Å². The van der Waals surface area contributed by atoms with Crippen LogP contribution in [0.5, 0.6) is 0 Å². The van der Waals surface area contributed by atoms with E-state index >= 15 is 0 Å². The summed E-state index contributed by atoms with van der Waals surface area (Å²) in [5, 5.41) is 1.21. The molecule has 0 fully saturated rings. The van der Waals surface area contributed by atoms with Crippen molar-refractivity contribution < 1.29 is 0 Å². The Balaban J connectivity index is 2.12. The zero-order chi connectivity index (χ0) is 13.4. The van der Waals surface area contributed by atoms with E-state index in [1.165, 1.54) is 54.1 Å². The monoisotopic (exact) mass is 268 g/mol. The maximum Gasteiger partial charge on any atom is 0.0946 e. The summed E-state index contributed by atoms with van der Waals surface area (Å²) in [5.41, 5.74) is 7.34. The van der Waals surface area contributed by atoms with Gasteiger partial charge in [-0.15, -0.1) is 11.3 Å². The first kappa shape index (κ1) is 15.6. The third-order valence-corrected chi connectivity index (χ3v) is 4.53. The second kappa shape index (κ2) is 8.65. The van der Waals surface area contributed by atoms with Crippen LogP contribution in [0.3, 0.4) is 0 Å². The number of aromatic nitrogens is 1. The summed E-state index contributed by atoms with van der Waals surface area (Å²) in [6.07, 6.45) is 10.2.